The largest absolute Gasteiger partial charge is 0.374 e. The molecule has 3 fully saturated rings. The summed E-state index contributed by atoms with van der Waals surface area (Å²) in [6.45, 7) is 9.69. The lowest BCUT2D eigenvalue weighted by Crippen LogP contribution is -2.49. The second kappa shape index (κ2) is 7.50. The van der Waals surface area contributed by atoms with E-state index in [1.165, 1.54) is 0 Å². The first-order chi connectivity index (χ1) is 11.8. The first kappa shape index (κ1) is 19.1. The lowest BCUT2D eigenvalue weighted by Gasteiger charge is -2.36. The fraction of sp³-hybridized carbons (Fsp3) is 0.941. The van der Waals surface area contributed by atoms with Crippen LogP contribution in [0.3, 0.4) is 0 Å². The Kier molecular flexibility index (Phi) is 5.72. The quantitative estimate of drug-likeness (QED) is 0.715. The highest BCUT2D eigenvalue weighted by Crippen LogP contribution is 2.29. The second-order valence-corrected chi connectivity index (χ2v) is 9.99. The van der Waals surface area contributed by atoms with E-state index < -0.39 is 10.0 Å². The Morgan fingerprint density at radius 3 is 2.48 bits per heavy atom. The van der Waals surface area contributed by atoms with Gasteiger partial charge in [-0.2, -0.15) is 4.31 Å². The molecule has 0 aromatic heterocycles. The van der Waals surface area contributed by atoms with Crippen LogP contribution >= 0.6 is 0 Å². The molecule has 3 aliphatic rings. The number of amides is 1. The van der Waals surface area contributed by atoms with Gasteiger partial charge in [0.15, 0.2) is 0 Å². The molecule has 0 aromatic rings. The molecule has 3 rings (SSSR count). The van der Waals surface area contributed by atoms with Gasteiger partial charge >= 0.3 is 0 Å². The Morgan fingerprint density at radius 2 is 1.88 bits per heavy atom. The van der Waals surface area contributed by atoms with Gasteiger partial charge in [0.2, 0.25) is 15.9 Å². The molecule has 0 aromatic carbocycles. The van der Waals surface area contributed by atoms with E-state index >= 15 is 0 Å². The Hall–Kier alpha value is -0.700. The molecule has 7 nitrogen and oxygen atoms in total. The van der Waals surface area contributed by atoms with Crippen molar-refractivity contribution in [3.05, 3.63) is 0 Å². The van der Waals surface area contributed by atoms with Crippen molar-refractivity contribution < 1.29 is 17.9 Å². The molecule has 0 radical (unpaired) electrons. The van der Waals surface area contributed by atoms with Crippen molar-refractivity contribution in [2.24, 2.45) is 5.92 Å². The highest BCUT2D eigenvalue weighted by atomic mass is 32.2. The molecular formula is C17H31N3O4S. The van der Waals surface area contributed by atoms with Crippen LogP contribution in [0.15, 0.2) is 0 Å². The van der Waals surface area contributed by atoms with E-state index in [0.29, 0.717) is 18.5 Å². The minimum atomic E-state index is -3.25. The van der Waals surface area contributed by atoms with Gasteiger partial charge in [-0.25, -0.2) is 8.42 Å². The maximum absolute atomic E-state index is 12.7. The molecule has 3 heterocycles. The lowest BCUT2D eigenvalue weighted by molar-refractivity contribution is -0.130. The van der Waals surface area contributed by atoms with Gasteiger partial charge < -0.3 is 9.64 Å². The van der Waals surface area contributed by atoms with Crippen molar-refractivity contribution in [1.82, 2.24) is 14.1 Å². The summed E-state index contributed by atoms with van der Waals surface area (Å²) in [7, 11) is -3.25. The van der Waals surface area contributed by atoms with Crippen LogP contribution in [-0.2, 0) is 19.6 Å². The van der Waals surface area contributed by atoms with Crippen molar-refractivity contribution in [3.63, 3.8) is 0 Å². The monoisotopic (exact) mass is 373 g/mol. The number of carbonyl (C=O) groups is 1. The molecule has 25 heavy (non-hydrogen) atoms. The third-order valence-corrected chi connectivity index (χ3v) is 7.45. The van der Waals surface area contributed by atoms with E-state index in [4.69, 9.17) is 4.74 Å². The van der Waals surface area contributed by atoms with Crippen molar-refractivity contribution in [3.8, 4) is 0 Å². The minimum Gasteiger partial charge on any atom is -0.374 e. The maximum Gasteiger partial charge on any atom is 0.219 e. The van der Waals surface area contributed by atoms with Crippen LogP contribution in [0.25, 0.3) is 0 Å². The molecule has 8 heteroatoms. The molecule has 0 aliphatic carbocycles. The van der Waals surface area contributed by atoms with Gasteiger partial charge in [-0.3, -0.25) is 9.69 Å². The Balaban J connectivity index is 1.69. The normalized spacial score (nSPS) is 31.9. The molecule has 3 saturated heterocycles. The summed E-state index contributed by atoms with van der Waals surface area (Å²) in [5, 5.41) is 0. The first-order valence-electron chi connectivity index (χ1n) is 9.38. The van der Waals surface area contributed by atoms with Crippen LogP contribution < -0.4 is 0 Å². The summed E-state index contributed by atoms with van der Waals surface area (Å²) < 4.78 is 33.0. The van der Waals surface area contributed by atoms with Crippen LogP contribution in [0, 0.1) is 5.92 Å². The summed E-state index contributed by atoms with van der Waals surface area (Å²) in [4.78, 5) is 15.8. The Labute approximate surface area is 151 Å². The molecule has 0 saturated carbocycles. The summed E-state index contributed by atoms with van der Waals surface area (Å²) in [5.74, 6) is 0.521. The van der Waals surface area contributed by atoms with Crippen molar-refractivity contribution in [1.29, 1.82) is 0 Å². The standard InChI is InChI=1S/C17H31N3O4S/c1-13(2)10-20-16-11-19(12-17(16)24-8-9-25(20,22)23)15-4-6-18(7-5-15)14(3)21/h13,15-17H,4-12H2,1-3H3/t16-,17+/m1/s1. The lowest BCUT2D eigenvalue weighted by atomic mass is 10.0. The zero-order valence-corrected chi connectivity index (χ0v) is 16.4. The number of fused-ring (bicyclic) bond motifs is 1. The smallest absolute Gasteiger partial charge is 0.219 e. The first-order valence-corrected chi connectivity index (χ1v) is 11.0. The number of hydrogen-bond acceptors (Lipinski definition) is 5. The van der Waals surface area contributed by atoms with Gasteiger partial charge in [0.05, 0.1) is 24.5 Å². The number of sulfonamides is 1. The molecule has 0 spiro atoms. The van der Waals surface area contributed by atoms with Crippen LogP contribution in [0.4, 0.5) is 0 Å². The number of likely N-dealkylation sites (tertiary alicyclic amines) is 2. The van der Waals surface area contributed by atoms with E-state index in [2.05, 4.69) is 18.7 Å². The van der Waals surface area contributed by atoms with Gasteiger partial charge in [-0.05, 0) is 18.8 Å². The predicted octanol–water partition coefficient (Wildman–Crippen LogP) is 0.368. The van der Waals surface area contributed by atoms with Gasteiger partial charge in [0.25, 0.3) is 0 Å². The highest BCUT2D eigenvalue weighted by molar-refractivity contribution is 7.89. The van der Waals surface area contributed by atoms with E-state index in [0.717, 1.165) is 39.0 Å². The number of carbonyl (C=O) groups excluding carboxylic acids is 1. The van der Waals surface area contributed by atoms with E-state index in [1.54, 1.807) is 11.2 Å². The minimum absolute atomic E-state index is 0.0399. The number of nitrogens with zero attached hydrogens (tertiary/aromatic N) is 3. The highest BCUT2D eigenvalue weighted by Gasteiger charge is 2.46. The molecule has 3 aliphatic heterocycles. The van der Waals surface area contributed by atoms with E-state index in [9.17, 15) is 13.2 Å². The molecular weight excluding hydrogens is 342 g/mol. The molecule has 2 atom stereocenters. The number of rotatable bonds is 3. The third-order valence-electron chi connectivity index (χ3n) is 5.64. The zero-order chi connectivity index (χ0) is 18.2. The molecule has 1 amide bonds. The van der Waals surface area contributed by atoms with Gasteiger partial charge in [0, 0.05) is 45.7 Å². The third kappa shape index (κ3) is 4.18. The summed E-state index contributed by atoms with van der Waals surface area (Å²) in [5.41, 5.74) is 0. The molecule has 0 unspecified atom stereocenters. The maximum atomic E-state index is 12.7. The van der Waals surface area contributed by atoms with Crippen LogP contribution in [-0.4, -0.2) is 91.7 Å². The van der Waals surface area contributed by atoms with Gasteiger partial charge in [0.1, 0.15) is 0 Å². The van der Waals surface area contributed by atoms with E-state index in [1.807, 2.05) is 4.90 Å². The molecule has 0 bridgehead atoms. The van der Waals surface area contributed by atoms with Gasteiger partial charge in [-0.15, -0.1) is 0 Å². The summed E-state index contributed by atoms with van der Waals surface area (Å²) >= 11 is 0. The SMILES string of the molecule is CC(=O)N1CCC(N2C[C@@H]3OCCS(=O)(=O)N(CC(C)C)[C@@H]3C2)CC1. The van der Waals surface area contributed by atoms with Gasteiger partial charge in [-0.1, -0.05) is 13.8 Å². The number of piperidine rings is 1. The van der Waals surface area contributed by atoms with E-state index in [-0.39, 0.29) is 30.4 Å². The zero-order valence-electron chi connectivity index (χ0n) is 15.6. The number of ether oxygens (including phenoxy) is 1. The van der Waals surface area contributed by atoms with Crippen molar-refractivity contribution >= 4 is 15.9 Å². The number of hydrogen-bond donors (Lipinski definition) is 0. The van der Waals surface area contributed by atoms with Crippen LogP contribution in [0.2, 0.25) is 0 Å². The predicted molar refractivity (Wildman–Crippen MR) is 95.7 cm³/mol. The van der Waals surface area contributed by atoms with Crippen molar-refractivity contribution in [2.75, 3.05) is 45.1 Å². The fourth-order valence-electron chi connectivity index (χ4n) is 4.31. The fourth-order valence-corrected chi connectivity index (χ4v) is 5.99. The average Bonchev–Trinajstić information content (AvgIpc) is 2.91. The van der Waals surface area contributed by atoms with Crippen molar-refractivity contribution in [2.45, 2.75) is 51.8 Å². The second-order valence-electron chi connectivity index (χ2n) is 7.95. The molecule has 0 N–H and O–H groups in total. The summed E-state index contributed by atoms with van der Waals surface area (Å²) in [6.07, 6.45) is 1.87. The Bertz CT molecular complexity index is 587. The summed E-state index contributed by atoms with van der Waals surface area (Å²) in [6, 6.07) is 0.329. The topological polar surface area (TPSA) is 70.2 Å². The van der Waals surface area contributed by atoms with Crippen LogP contribution in [0.5, 0.6) is 0 Å². The van der Waals surface area contributed by atoms with Crippen LogP contribution in [0.1, 0.15) is 33.6 Å². The average molecular weight is 374 g/mol. The Morgan fingerprint density at radius 1 is 1.20 bits per heavy atom. The molecule has 144 valence electrons.